The number of carbonyl (C=O) groups is 2. The molecule has 0 N–H and O–H groups in total. The van der Waals surface area contributed by atoms with Crippen LogP contribution in [0.1, 0.15) is 27.4 Å². The van der Waals surface area contributed by atoms with Gasteiger partial charge in [-0.25, -0.2) is 4.39 Å². The summed E-state index contributed by atoms with van der Waals surface area (Å²) in [5.74, 6) is 4.51. The summed E-state index contributed by atoms with van der Waals surface area (Å²) in [6.45, 7) is 0. The molecule has 2 heterocycles. The summed E-state index contributed by atoms with van der Waals surface area (Å²) in [7, 11) is 1.61. The summed E-state index contributed by atoms with van der Waals surface area (Å²) in [6.07, 6.45) is 0.750. The van der Waals surface area contributed by atoms with E-state index in [2.05, 4.69) is 11.8 Å². The number of rotatable bonds is 3. The molecular weight excluding hydrogens is 369 g/mol. The van der Waals surface area contributed by atoms with Crippen LogP contribution in [0.15, 0.2) is 65.1 Å². The van der Waals surface area contributed by atoms with E-state index in [9.17, 15) is 14.0 Å². The predicted octanol–water partition coefficient (Wildman–Crippen LogP) is 4.03. The molecule has 2 aromatic carbocycles. The van der Waals surface area contributed by atoms with Crippen molar-refractivity contribution in [3.63, 3.8) is 0 Å². The van der Waals surface area contributed by atoms with E-state index >= 15 is 0 Å². The lowest BCUT2D eigenvalue weighted by Crippen LogP contribution is -2.42. The molecule has 0 saturated carbocycles. The lowest BCUT2D eigenvalue weighted by atomic mass is 9.89. The molecule has 29 heavy (non-hydrogen) atoms. The van der Waals surface area contributed by atoms with Crippen LogP contribution in [0.3, 0.4) is 0 Å². The molecule has 1 aromatic heterocycles. The zero-order chi connectivity index (χ0) is 20.4. The number of Topliss-reactive ketones (excluding diaryl/α,β-unsaturated/α-hetero) is 1. The third-order valence-corrected chi connectivity index (χ3v) is 4.94. The third-order valence-electron chi connectivity index (χ3n) is 4.94. The van der Waals surface area contributed by atoms with Crippen LogP contribution >= 0.6 is 0 Å². The van der Waals surface area contributed by atoms with Gasteiger partial charge in [0.25, 0.3) is 0 Å². The van der Waals surface area contributed by atoms with E-state index in [0.29, 0.717) is 23.4 Å². The van der Waals surface area contributed by atoms with Gasteiger partial charge >= 0.3 is 0 Å². The Morgan fingerprint density at radius 2 is 1.76 bits per heavy atom. The highest BCUT2D eigenvalue weighted by molar-refractivity contribution is 6.20. The number of hydrogen-bond acceptors (Lipinski definition) is 3. The highest BCUT2D eigenvalue weighted by atomic mass is 19.1. The number of benzene rings is 2. The number of amides is 1. The molecular formula is C24H18FNO3. The number of anilines is 1. The van der Waals surface area contributed by atoms with Crippen molar-refractivity contribution < 1.29 is 18.4 Å². The molecule has 3 aromatic rings. The van der Waals surface area contributed by atoms with E-state index in [1.807, 2.05) is 30.3 Å². The normalized spacial score (nSPS) is 15.7. The fraction of sp³-hybridized carbons (Fsp3) is 0.167. The van der Waals surface area contributed by atoms with Gasteiger partial charge < -0.3 is 9.32 Å². The Bertz CT molecular complexity index is 1120. The second-order valence-corrected chi connectivity index (χ2v) is 6.93. The van der Waals surface area contributed by atoms with Crippen molar-refractivity contribution in [2.75, 3.05) is 11.9 Å². The van der Waals surface area contributed by atoms with Gasteiger partial charge in [0.15, 0.2) is 11.5 Å². The van der Waals surface area contributed by atoms with Crippen molar-refractivity contribution in [1.29, 1.82) is 0 Å². The Labute approximate surface area is 168 Å². The first-order chi connectivity index (χ1) is 14.0. The van der Waals surface area contributed by atoms with Gasteiger partial charge in [0, 0.05) is 19.5 Å². The molecule has 0 aliphatic carbocycles. The molecule has 0 spiro atoms. The fourth-order valence-electron chi connectivity index (χ4n) is 3.36. The first kappa shape index (κ1) is 18.7. The zero-order valence-electron chi connectivity index (χ0n) is 15.8. The Kier molecular flexibility index (Phi) is 5.01. The van der Waals surface area contributed by atoms with Gasteiger partial charge in [0.2, 0.25) is 11.7 Å². The first-order valence-electron chi connectivity index (χ1n) is 9.26. The van der Waals surface area contributed by atoms with Crippen LogP contribution in [0.4, 0.5) is 10.1 Å². The van der Waals surface area contributed by atoms with Gasteiger partial charge in [0.05, 0.1) is 5.69 Å². The molecule has 4 nitrogen and oxygen atoms in total. The summed E-state index contributed by atoms with van der Waals surface area (Å²) in [6, 6.07) is 17.2. The minimum Gasteiger partial charge on any atom is -0.442 e. The van der Waals surface area contributed by atoms with Crippen molar-refractivity contribution >= 4 is 17.4 Å². The first-order valence-corrected chi connectivity index (χ1v) is 9.26. The van der Waals surface area contributed by atoms with Crippen LogP contribution in [-0.2, 0) is 17.6 Å². The largest absolute Gasteiger partial charge is 0.442 e. The molecule has 4 rings (SSSR count). The van der Waals surface area contributed by atoms with E-state index < -0.39 is 5.92 Å². The Morgan fingerprint density at radius 1 is 1.03 bits per heavy atom. The monoisotopic (exact) mass is 387 g/mol. The number of carbonyl (C=O) groups excluding carboxylic acids is 2. The fourth-order valence-corrected chi connectivity index (χ4v) is 3.36. The maximum Gasteiger partial charge on any atom is 0.238 e. The van der Waals surface area contributed by atoms with E-state index in [-0.39, 0.29) is 29.7 Å². The third kappa shape index (κ3) is 3.83. The van der Waals surface area contributed by atoms with E-state index in [0.717, 1.165) is 5.56 Å². The minimum atomic E-state index is -0.894. The van der Waals surface area contributed by atoms with Crippen molar-refractivity contribution in [2.45, 2.75) is 12.8 Å². The molecule has 1 atom stereocenters. The highest BCUT2D eigenvalue weighted by Crippen LogP contribution is 2.33. The molecule has 1 aliphatic heterocycles. The second-order valence-electron chi connectivity index (χ2n) is 6.93. The average Bonchev–Trinajstić information content (AvgIpc) is 3.16. The summed E-state index contributed by atoms with van der Waals surface area (Å²) >= 11 is 0. The SMILES string of the molecule is CN1C(=O)C(Cc2ccc(F)cc2)C(=O)c2oc(C#CCc3ccccc3)cc21. The number of fused-ring (bicyclic) bond motifs is 1. The van der Waals surface area contributed by atoms with Gasteiger partial charge in [-0.1, -0.05) is 48.4 Å². The molecule has 0 radical (unpaired) electrons. The molecule has 0 saturated heterocycles. The van der Waals surface area contributed by atoms with Gasteiger partial charge in [0.1, 0.15) is 11.7 Å². The molecule has 0 fully saturated rings. The standard InChI is InChI=1S/C24H18FNO3/c1-26-21-15-19(9-5-8-16-6-3-2-4-7-16)29-23(21)22(27)20(24(26)28)14-17-10-12-18(25)13-11-17/h2-4,6-7,10-13,15,20H,8,14H2,1H3. The maximum absolute atomic E-state index is 13.1. The van der Waals surface area contributed by atoms with Crippen LogP contribution < -0.4 is 4.90 Å². The van der Waals surface area contributed by atoms with Crippen molar-refractivity contribution in [3.8, 4) is 11.8 Å². The van der Waals surface area contributed by atoms with E-state index in [1.54, 1.807) is 25.2 Å². The minimum absolute atomic E-state index is 0.142. The maximum atomic E-state index is 13.1. The van der Waals surface area contributed by atoms with Crippen molar-refractivity contribution in [1.82, 2.24) is 0 Å². The number of halogens is 1. The van der Waals surface area contributed by atoms with Crippen molar-refractivity contribution in [3.05, 3.63) is 89.1 Å². The van der Waals surface area contributed by atoms with Crippen molar-refractivity contribution in [2.24, 2.45) is 5.92 Å². The summed E-state index contributed by atoms with van der Waals surface area (Å²) in [5.41, 5.74) is 2.22. The highest BCUT2D eigenvalue weighted by Gasteiger charge is 2.40. The quantitative estimate of drug-likeness (QED) is 0.504. The zero-order valence-corrected chi connectivity index (χ0v) is 15.8. The topological polar surface area (TPSA) is 50.5 Å². The number of nitrogens with zero attached hydrogens (tertiary/aromatic N) is 1. The van der Waals surface area contributed by atoms with Gasteiger partial charge in [-0.3, -0.25) is 9.59 Å². The van der Waals surface area contributed by atoms with E-state index in [4.69, 9.17) is 4.42 Å². The predicted molar refractivity (Wildman–Crippen MR) is 107 cm³/mol. The molecule has 1 aliphatic rings. The van der Waals surface area contributed by atoms with Crippen LogP contribution in [0.5, 0.6) is 0 Å². The Hall–Kier alpha value is -3.65. The lowest BCUT2D eigenvalue weighted by Gasteiger charge is -2.27. The van der Waals surface area contributed by atoms with Gasteiger partial charge in [-0.05, 0) is 35.6 Å². The Morgan fingerprint density at radius 3 is 2.48 bits per heavy atom. The number of hydrogen-bond donors (Lipinski definition) is 0. The summed E-state index contributed by atoms with van der Waals surface area (Å²) < 4.78 is 18.8. The van der Waals surface area contributed by atoms with Crippen LogP contribution in [0.2, 0.25) is 0 Å². The summed E-state index contributed by atoms with van der Waals surface area (Å²) in [4.78, 5) is 27.0. The van der Waals surface area contributed by atoms with Crippen LogP contribution in [0, 0.1) is 23.6 Å². The second kappa shape index (κ2) is 7.76. The average molecular weight is 387 g/mol. The molecule has 5 heteroatoms. The summed E-state index contributed by atoms with van der Waals surface area (Å²) in [5, 5.41) is 0. The number of ketones is 1. The smallest absolute Gasteiger partial charge is 0.238 e. The lowest BCUT2D eigenvalue weighted by molar-refractivity contribution is -0.121. The molecule has 0 bridgehead atoms. The van der Waals surface area contributed by atoms with Gasteiger partial charge in [-0.15, -0.1) is 0 Å². The molecule has 1 unspecified atom stereocenters. The molecule has 144 valence electrons. The Balaban J connectivity index is 1.56. The molecule has 1 amide bonds. The van der Waals surface area contributed by atoms with Crippen LogP contribution in [-0.4, -0.2) is 18.7 Å². The van der Waals surface area contributed by atoms with Crippen LogP contribution in [0.25, 0.3) is 0 Å². The number of furan rings is 1. The van der Waals surface area contributed by atoms with E-state index in [1.165, 1.54) is 17.0 Å². The van der Waals surface area contributed by atoms with Gasteiger partial charge in [-0.2, -0.15) is 0 Å².